The van der Waals surface area contributed by atoms with Gasteiger partial charge < -0.3 is 20.1 Å². The molecule has 0 saturated heterocycles. The average molecular weight is 513 g/mol. The van der Waals surface area contributed by atoms with Crippen LogP contribution in [-0.2, 0) is 13.0 Å². The Morgan fingerprint density at radius 1 is 1.25 bits per heavy atom. The molecule has 0 fully saturated rings. The molecule has 1 amide bonds. The molecule has 0 spiro atoms. The van der Waals surface area contributed by atoms with E-state index >= 15 is 0 Å². The third-order valence-electron chi connectivity index (χ3n) is 5.38. The van der Waals surface area contributed by atoms with Gasteiger partial charge in [0.1, 0.15) is 11.2 Å². The zero-order valence-electron chi connectivity index (χ0n) is 16.4. The Bertz CT molecular complexity index is 928. The van der Waals surface area contributed by atoms with Crippen LogP contribution in [-0.4, -0.2) is 37.6 Å². The minimum Gasteiger partial charge on any atom is -0.493 e. The van der Waals surface area contributed by atoms with Gasteiger partial charge in [0, 0.05) is 24.0 Å². The van der Waals surface area contributed by atoms with Crippen LogP contribution in [0.1, 0.15) is 46.4 Å². The third-order valence-corrected chi connectivity index (χ3v) is 7.33. The van der Waals surface area contributed by atoms with Crippen LogP contribution >= 0.6 is 33.9 Å². The number of nitrogens with zero attached hydrogens (tertiary/aromatic N) is 1. The highest BCUT2D eigenvalue weighted by molar-refractivity contribution is 14.1. The number of amides is 1. The van der Waals surface area contributed by atoms with Crippen molar-refractivity contribution in [3.05, 3.63) is 37.3 Å². The largest absolute Gasteiger partial charge is 0.493 e. The van der Waals surface area contributed by atoms with E-state index in [4.69, 9.17) is 9.47 Å². The van der Waals surface area contributed by atoms with Crippen LogP contribution in [0.4, 0.5) is 5.00 Å². The SMILES string of the molecule is COc1cc([C@@H]2NC(=O)c3c(sc4c3CCN(C(C)C)C4)N2)cc(I)c1OC. The van der Waals surface area contributed by atoms with Crippen molar-refractivity contribution in [2.45, 2.75) is 39.0 Å². The van der Waals surface area contributed by atoms with Gasteiger partial charge >= 0.3 is 0 Å². The van der Waals surface area contributed by atoms with Crippen LogP contribution < -0.4 is 20.1 Å². The predicted octanol–water partition coefficient (Wildman–Crippen LogP) is 3.99. The summed E-state index contributed by atoms with van der Waals surface area (Å²) in [6, 6.07) is 4.44. The van der Waals surface area contributed by atoms with E-state index in [1.54, 1.807) is 25.6 Å². The van der Waals surface area contributed by atoms with E-state index in [2.05, 4.69) is 52.0 Å². The fraction of sp³-hybridized carbons (Fsp3) is 0.450. The van der Waals surface area contributed by atoms with Crippen molar-refractivity contribution in [2.75, 3.05) is 26.1 Å². The number of carbonyl (C=O) groups is 1. The van der Waals surface area contributed by atoms with Gasteiger partial charge in [0.25, 0.3) is 5.91 Å². The lowest BCUT2D eigenvalue weighted by Crippen LogP contribution is -2.39. The van der Waals surface area contributed by atoms with Gasteiger partial charge in [-0.2, -0.15) is 0 Å². The number of rotatable bonds is 4. The minimum atomic E-state index is -0.297. The van der Waals surface area contributed by atoms with Crippen molar-refractivity contribution in [1.82, 2.24) is 10.2 Å². The summed E-state index contributed by atoms with van der Waals surface area (Å²) < 4.78 is 11.8. The second-order valence-electron chi connectivity index (χ2n) is 7.31. The fourth-order valence-corrected chi connectivity index (χ4v) is 5.99. The number of hydrogen-bond acceptors (Lipinski definition) is 6. The molecule has 28 heavy (non-hydrogen) atoms. The summed E-state index contributed by atoms with van der Waals surface area (Å²) in [4.78, 5) is 16.7. The molecule has 2 aliphatic rings. The molecule has 2 aliphatic heterocycles. The molecule has 0 saturated carbocycles. The molecule has 1 aromatic carbocycles. The van der Waals surface area contributed by atoms with E-state index in [0.717, 1.165) is 39.2 Å². The van der Waals surface area contributed by atoms with Gasteiger partial charge in [-0.15, -0.1) is 11.3 Å². The van der Waals surface area contributed by atoms with E-state index in [0.29, 0.717) is 17.5 Å². The monoisotopic (exact) mass is 513 g/mol. The van der Waals surface area contributed by atoms with E-state index in [1.165, 1.54) is 10.4 Å². The Hall–Kier alpha value is -1.52. The number of methoxy groups -OCH3 is 2. The molecule has 4 rings (SSSR count). The Labute approximate surface area is 182 Å². The van der Waals surface area contributed by atoms with Crippen LogP contribution in [0.2, 0.25) is 0 Å². The number of fused-ring (bicyclic) bond motifs is 3. The zero-order valence-corrected chi connectivity index (χ0v) is 19.4. The normalized spacial score (nSPS) is 18.9. The summed E-state index contributed by atoms with van der Waals surface area (Å²) in [5.41, 5.74) is 2.98. The van der Waals surface area contributed by atoms with E-state index in [9.17, 15) is 4.79 Å². The van der Waals surface area contributed by atoms with Gasteiger partial charge in [-0.25, -0.2) is 0 Å². The molecule has 2 N–H and O–H groups in total. The molecule has 0 aliphatic carbocycles. The number of ether oxygens (including phenoxy) is 2. The van der Waals surface area contributed by atoms with E-state index in [-0.39, 0.29) is 12.1 Å². The number of halogens is 1. The van der Waals surface area contributed by atoms with Gasteiger partial charge in [0.15, 0.2) is 11.5 Å². The Morgan fingerprint density at radius 2 is 2.04 bits per heavy atom. The van der Waals surface area contributed by atoms with Crippen molar-refractivity contribution in [3.63, 3.8) is 0 Å². The minimum absolute atomic E-state index is 0.000889. The van der Waals surface area contributed by atoms with Crippen molar-refractivity contribution < 1.29 is 14.3 Å². The highest BCUT2D eigenvalue weighted by atomic mass is 127. The first-order chi connectivity index (χ1) is 13.4. The lowest BCUT2D eigenvalue weighted by atomic mass is 9.99. The zero-order chi connectivity index (χ0) is 20.0. The number of hydrogen-bond donors (Lipinski definition) is 2. The summed E-state index contributed by atoms with van der Waals surface area (Å²) in [6.45, 7) is 6.35. The Morgan fingerprint density at radius 3 is 2.71 bits per heavy atom. The fourth-order valence-electron chi connectivity index (χ4n) is 3.85. The average Bonchev–Trinajstić information content (AvgIpc) is 3.05. The second-order valence-corrected chi connectivity index (χ2v) is 9.58. The van der Waals surface area contributed by atoms with E-state index in [1.807, 2.05) is 12.1 Å². The van der Waals surface area contributed by atoms with Gasteiger partial charge in [-0.3, -0.25) is 9.69 Å². The second kappa shape index (κ2) is 7.72. The first kappa shape index (κ1) is 19.8. The molecule has 150 valence electrons. The van der Waals surface area contributed by atoms with Gasteiger partial charge in [0.05, 0.1) is 23.4 Å². The Balaban J connectivity index is 1.66. The summed E-state index contributed by atoms with van der Waals surface area (Å²) in [7, 11) is 3.25. The van der Waals surface area contributed by atoms with Crippen LogP contribution in [0.25, 0.3) is 0 Å². The maximum absolute atomic E-state index is 13.0. The molecular formula is C20H24IN3O3S. The van der Waals surface area contributed by atoms with Crippen molar-refractivity contribution >= 4 is 44.8 Å². The van der Waals surface area contributed by atoms with Gasteiger partial charge in [0.2, 0.25) is 0 Å². The molecule has 2 aromatic rings. The first-order valence-electron chi connectivity index (χ1n) is 9.30. The Kier molecular flexibility index (Phi) is 5.45. The molecule has 0 bridgehead atoms. The maximum Gasteiger partial charge on any atom is 0.256 e. The van der Waals surface area contributed by atoms with Gasteiger partial charge in [-0.1, -0.05) is 0 Å². The number of carbonyl (C=O) groups excluding carboxylic acids is 1. The molecule has 0 radical (unpaired) electrons. The highest BCUT2D eigenvalue weighted by Crippen LogP contribution is 2.42. The van der Waals surface area contributed by atoms with Crippen LogP contribution in [0.5, 0.6) is 11.5 Å². The number of benzene rings is 1. The van der Waals surface area contributed by atoms with Crippen molar-refractivity contribution in [1.29, 1.82) is 0 Å². The number of nitrogens with one attached hydrogen (secondary N) is 2. The lowest BCUT2D eigenvalue weighted by Gasteiger charge is -2.31. The van der Waals surface area contributed by atoms with Crippen LogP contribution in [0.3, 0.4) is 0 Å². The molecule has 6 nitrogen and oxygen atoms in total. The molecule has 3 heterocycles. The number of anilines is 1. The molecule has 0 unspecified atom stereocenters. The number of thiophene rings is 1. The van der Waals surface area contributed by atoms with Gasteiger partial charge in [-0.05, 0) is 66.1 Å². The first-order valence-corrected chi connectivity index (χ1v) is 11.2. The van der Waals surface area contributed by atoms with Crippen LogP contribution in [0.15, 0.2) is 12.1 Å². The quantitative estimate of drug-likeness (QED) is 0.606. The molecule has 8 heteroatoms. The standard InChI is InChI=1S/C20H24IN3O3S/c1-10(2)24-6-5-12-15(9-24)28-20-16(12)19(25)22-18(23-20)11-7-13(21)17(27-4)14(8-11)26-3/h7-8,10,18,23H,5-6,9H2,1-4H3,(H,22,25)/t18-/m1/s1. The van der Waals surface area contributed by atoms with E-state index < -0.39 is 0 Å². The molecule has 1 atom stereocenters. The summed E-state index contributed by atoms with van der Waals surface area (Å²) >= 11 is 3.94. The third kappa shape index (κ3) is 3.35. The smallest absolute Gasteiger partial charge is 0.256 e. The highest BCUT2D eigenvalue weighted by Gasteiger charge is 2.34. The topological polar surface area (TPSA) is 62.8 Å². The summed E-state index contributed by atoms with van der Waals surface area (Å²) in [5, 5.41) is 7.61. The van der Waals surface area contributed by atoms with Crippen molar-refractivity contribution in [3.8, 4) is 11.5 Å². The van der Waals surface area contributed by atoms with Crippen LogP contribution in [0, 0.1) is 3.57 Å². The predicted molar refractivity (Wildman–Crippen MR) is 120 cm³/mol. The lowest BCUT2D eigenvalue weighted by molar-refractivity contribution is 0.0934. The summed E-state index contributed by atoms with van der Waals surface area (Å²) in [6.07, 6.45) is 0.627. The molecular weight excluding hydrogens is 489 g/mol. The maximum atomic E-state index is 13.0. The van der Waals surface area contributed by atoms with Crippen molar-refractivity contribution in [2.24, 2.45) is 0 Å². The molecule has 1 aromatic heterocycles. The summed E-state index contributed by atoms with van der Waals surface area (Å²) in [5.74, 6) is 1.36.